The average molecular weight is 449 g/mol. The largest absolute Gasteiger partial charge is 0.460 e. The number of fused-ring (bicyclic) bond motifs is 5. The van der Waals surface area contributed by atoms with E-state index in [1.54, 1.807) is 0 Å². The fourth-order valence-electron chi connectivity index (χ4n) is 9.13. The van der Waals surface area contributed by atoms with Crippen molar-refractivity contribution in [1.82, 2.24) is 0 Å². The third kappa shape index (κ3) is 4.06. The van der Waals surface area contributed by atoms with Crippen LogP contribution in [-0.4, -0.2) is 34.0 Å². The first kappa shape index (κ1) is 24.5. The van der Waals surface area contributed by atoms with E-state index in [1.165, 1.54) is 25.7 Å². The van der Waals surface area contributed by atoms with Crippen molar-refractivity contribution in [1.29, 1.82) is 0 Å². The van der Waals surface area contributed by atoms with Gasteiger partial charge in [-0.1, -0.05) is 33.6 Å². The quantitative estimate of drug-likeness (QED) is 0.539. The Labute approximate surface area is 195 Å². The van der Waals surface area contributed by atoms with Gasteiger partial charge in [0.1, 0.15) is 5.60 Å². The predicted molar refractivity (Wildman–Crippen MR) is 127 cm³/mol. The van der Waals surface area contributed by atoms with Crippen molar-refractivity contribution in [2.45, 2.75) is 124 Å². The third-order valence-electron chi connectivity index (χ3n) is 10.7. The number of aliphatic hydroxyl groups is 2. The minimum Gasteiger partial charge on any atom is -0.460 e. The molecule has 4 fully saturated rings. The number of hydrogen-bond acceptors (Lipinski definition) is 4. The Morgan fingerprint density at radius 2 is 1.78 bits per heavy atom. The highest BCUT2D eigenvalue weighted by Gasteiger charge is 2.65. The lowest BCUT2D eigenvalue weighted by Crippen LogP contribution is -2.61. The second-order valence-electron chi connectivity index (χ2n) is 13.4. The van der Waals surface area contributed by atoms with Crippen LogP contribution in [0.3, 0.4) is 0 Å². The molecule has 4 nitrogen and oxygen atoms in total. The van der Waals surface area contributed by atoms with Crippen LogP contribution in [0.2, 0.25) is 0 Å². The minimum atomic E-state index is -0.441. The maximum atomic E-state index is 12.3. The molecule has 0 heterocycles. The summed E-state index contributed by atoms with van der Waals surface area (Å²) < 4.78 is 5.53. The summed E-state index contributed by atoms with van der Waals surface area (Å²) in [6, 6.07) is 0. The molecule has 10 atom stereocenters. The molecule has 184 valence electrons. The Morgan fingerprint density at radius 1 is 1.06 bits per heavy atom. The molecule has 4 heteroatoms. The Bertz CT molecular complexity index is 698. The third-order valence-corrected chi connectivity index (χ3v) is 10.7. The molecule has 32 heavy (non-hydrogen) atoms. The van der Waals surface area contributed by atoms with Crippen LogP contribution < -0.4 is 0 Å². The topological polar surface area (TPSA) is 66.8 Å². The molecule has 0 aromatic rings. The highest BCUT2D eigenvalue weighted by Crippen LogP contribution is 2.68. The fraction of sp³-hybridized carbons (Fsp3) is 0.964. The lowest BCUT2D eigenvalue weighted by Gasteiger charge is -2.63. The molecule has 0 spiro atoms. The summed E-state index contributed by atoms with van der Waals surface area (Å²) in [5.41, 5.74) is -0.318. The molecule has 0 saturated heterocycles. The summed E-state index contributed by atoms with van der Waals surface area (Å²) in [6.45, 7) is 12.8. The van der Waals surface area contributed by atoms with Crippen molar-refractivity contribution in [3.63, 3.8) is 0 Å². The Kier molecular flexibility index (Phi) is 6.55. The molecule has 4 saturated carbocycles. The second kappa shape index (κ2) is 8.56. The van der Waals surface area contributed by atoms with Crippen molar-refractivity contribution < 1.29 is 19.7 Å². The zero-order valence-electron chi connectivity index (χ0n) is 21.4. The molecular formula is C28H48O4. The van der Waals surface area contributed by atoms with Gasteiger partial charge in [-0.15, -0.1) is 0 Å². The number of carbonyl (C=O) groups is 1. The van der Waals surface area contributed by atoms with Gasteiger partial charge < -0.3 is 14.9 Å². The van der Waals surface area contributed by atoms with Crippen LogP contribution in [0.1, 0.15) is 106 Å². The SMILES string of the molecule is CC(CCC(=O)OC(C)(C)C)C1CCC2C3C(O)CC4CCCCC4(C)C3CC(O)C12C. The van der Waals surface area contributed by atoms with Gasteiger partial charge in [-0.2, -0.15) is 0 Å². The molecule has 0 aromatic heterocycles. The lowest BCUT2D eigenvalue weighted by atomic mass is 9.43. The first-order valence-corrected chi connectivity index (χ1v) is 13.5. The van der Waals surface area contributed by atoms with E-state index >= 15 is 0 Å². The monoisotopic (exact) mass is 448 g/mol. The minimum absolute atomic E-state index is 0.118. The van der Waals surface area contributed by atoms with E-state index in [0.717, 1.165) is 32.1 Å². The van der Waals surface area contributed by atoms with Gasteiger partial charge in [0.05, 0.1) is 12.2 Å². The molecular weight excluding hydrogens is 400 g/mol. The molecule has 0 aromatic carbocycles. The normalized spacial score (nSPS) is 47.2. The summed E-state index contributed by atoms with van der Waals surface area (Å²) in [5.74, 6) is 2.42. The molecule has 4 aliphatic rings. The maximum Gasteiger partial charge on any atom is 0.306 e. The zero-order valence-corrected chi connectivity index (χ0v) is 21.4. The molecule has 0 bridgehead atoms. The summed E-state index contributed by atoms with van der Waals surface area (Å²) in [7, 11) is 0. The van der Waals surface area contributed by atoms with E-state index in [-0.39, 0.29) is 29.0 Å². The van der Waals surface area contributed by atoms with Crippen LogP contribution >= 0.6 is 0 Å². The van der Waals surface area contributed by atoms with Gasteiger partial charge in [0.15, 0.2) is 0 Å². The van der Waals surface area contributed by atoms with Crippen molar-refractivity contribution in [3.8, 4) is 0 Å². The van der Waals surface area contributed by atoms with Gasteiger partial charge in [-0.3, -0.25) is 4.79 Å². The molecule has 0 radical (unpaired) electrons. The van der Waals surface area contributed by atoms with E-state index in [1.807, 2.05) is 20.8 Å². The van der Waals surface area contributed by atoms with Gasteiger partial charge in [-0.25, -0.2) is 0 Å². The van der Waals surface area contributed by atoms with E-state index in [9.17, 15) is 15.0 Å². The highest BCUT2D eigenvalue weighted by molar-refractivity contribution is 5.69. The average Bonchev–Trinajstić information content (AvgIpc) is 3.05. The Balaban J connectivity index is 1.50. The highest BCUT2D eigenvalue weighted by atomic mass is 16.6. The van der Waals surface area contributed by atoms with Crippen molar-refractivity contribution in [2.75, 3.05) is 0 Å². The molecule has 4 rings (SSSR count). The number of hydrogen-bond donors (Lipinski definition) is 2. The van der Waals surface area contributed by atoms with E-state index in [4.69, 9.17) is 4.74 Å². The predicted octanol–water partition coefficient (Wildman–Crippen LogP) is 5.74. The molecule has 4 aliphatic carbocycles. The van der Waals surface area contributed by atoms with Crippen LogP contribution in [0.5, 0.6) is 0 Å². The summed E-state index contributed by atoms with van der Waals surface area (Å²) in [4.78, 5) is 12.3. The standard InChI is InChI=1S/C28H48O4/c1-17(10-13-24(31)32-26(2,3)4)19-11-12-20-25-21(16-23(30)28(19,20)6)27(5)14-8-7-9-18(27)15-22(25)29/h17-23,25,29-30H,7-16H2,1-6H3. The van der Waals surface area contributed by atoms with Gasteiger partial charge in [0.2, 0.25) is 0 Å². The molecule has 0 amide bonds. The Hall–Kier alpha value is -0.610. The fourth-order valence-corrected chi connectivity index (χ4v) is 9.13. The van der Waals surface area contributed by atoms with Gasteiger partial charge in [0.25, 0.3) is 0 Å². The van der Waals surface area contributed by atoms with Crippen molar-refractivity contribution in [2.24, 2.45) is 46.3 Å². The first-order valence-electron chi connectivity index (χ1n) is 13.5. The van der Waals surface area contributed by atoms with Crippen LogP contribution in [0.15, 0.2) is 0 Å². The number of ether oxygens (including phenoxy) is 1. The lowest BCUT2D eigenvalue weighted by molar-refractivity contribution is -0.201. The smallest absolute Gasteiger partial charge is 0.306 e. The van der Waals surface area contributed by atoms with Gasteiger partial charge >= 0.3 is 5.97 Å². The first-order chi connectivity index (χ1) is 14.9. The van der Waals surface area contributed by atoms with Crippen LogP contribution in [-0.2, 0) is 9.53 Å². The van der Waals surface area contributed by atoms with Crippen molar-refractivity contribution >= 4 is 5.97 Å². The summed E-state index contributed by atoms with van der Waals surface area (Å²) >= 11 is 0. The van der Waals surface area contributed by atoms with Gasteiger partial charge in [0, 0.05) is 6.42 Å². The summed E-state index contributed by atoms with van der Waals surface area (Å²) in [6.07, 6.45) is 9.84. The van der Waals surface area contributed by atoms with E-state index < -0.39 is 5.60 Å². The van der Waals surface area contributed by atoms with Crippen LogP contribution in [0, 0.1) is 46.3 Å². The van der Waals surface area contributed by atoms with Gasteiger partial charge in [-0.05, 0) is 112 Å². The number of carbonyl (C=O) groups excluding carboxylic acids is 1. The molecule has 10 unspecified atom stereocenters. The second-order valence-corrected chi connectivity index (χ2v) is 13.4. The number of esters is 1. The van der Waals surface area contributed by atoms with Crippen LogP contribution in [0.25, 0.3) is 0 Å². The van der Waals surface area contributed by atoms with E-state index in [2.05, 4.69) is 20.8 Å². The zero-order chi connectivity index (χ0) is 23.5. The molecule has 2 N–H and O–H groups in total. The number of rotatable bonds is 4. The maximum absolute atomic E-state index is 12.3. The van der Waals surface area contributed by atoms with Crippen LogP contribution in [0.4, 0.5) is 0 Å². The number of aliphatic hydroxyl groups excluding tert-OH is 2. The van der Waals surface area contributed by atoms with E-state index in [0.29, 0.717) is 41.9 Å². The Morgan fingerprint density at radius 3 is 2.47 bits per heavy atom. The molecule has 0 aliphatic heterocycles. The van der Waals surface area contributed by atoms with Crippen molar-refractivity contribution in [3.05, 3.63) is 0 Å². The summed E-state index contributed by atoms with van der Waals surface area (Å²) in [5, 5.41) is 23.0.